The zero-order valence-electron chi connectivity index (χ0n) is 30.3. The predicted molar refractivity (Wildman–Crippen MR) is 194 cm³/mol. The van der Waals surface area contributed by atoms with Gasteiger partial charge in [-0.05, 0) is 32.1 Å². The maximum Gasteiger partial charge on any atom is 0.0951 e. The minimum Gasteiger partial charge on any atom is -0.331 e. The quantitative estimate of drug-likeness (QED) is 0.0719. The number of hydrogen-bond acceptors (Lipinski definition) is 1. The normalized spacial score (nSPS) is 13.9. The van der Waals surface area contributed by atoms with E-state index in [1.807, 2.05) is 6.20 Å². The van der Waals surface area contributed by atoms with Crippen LogP contribution >= 0.6 is 0 Å². The first-order valence-corrected chi connectivity index (χ1v) is 20.2. The fraction of sp³-hybridized carbons (Fsp3) is 0.927. The third kappa shape index (κ3) is 21.6. The Bertz CT molecular complexity index is 653. The van der Waals surface area contributed by atoms with Gasteiger partial charge in [-0.15, -0.1) is 0 Å². The smallest absolute Gasteiger partial charge is 0.0951 e. The summed E-state index contributed by atoms with van der Waals surface area (Å²) in [7, 11) is 0. The second kappa shape index (κ2) is 29.9. The zero-order chi connectivity index (χ0) is 31.1. The van der Waals surface area contributed by atoms with Crippen LogP contribution in [0.2, 0.25) is 0 Å². The van der Waals surface area contributed by atoms with Gasteiger partial charge in [0.1, 0.15) is 0 Å². The molecule has 2 atom stereocenters. The Kier molecular flexibility index (Phi) is 28.0. The van der Waals surface area contributed by atoms with Crippen LogP contribution < -0.4 is 0 Å². The van der Waals surface area contributed by atoms with Gasteiger partial charge in [-0.25, -0.2) is 4.98 Å². The van der Waals surface area contributed by atoms with Gasteiger partial charge in [-0.1, -0.05) is 207 Å². The third-order valence-electron chi connectivity index (χ3n) is 10.8. The van der Waals surface area contributed by atoms with E-state index in [0.717, 1.165) is 5.92 Å². The fourth-order valence-electron chi connectivity index (χ4n) is 7.36. The standard InChI is InChI=1S/C41H80N2/c1-5-8-10-12-14-16-18-20-22-24-26-28-30-32-34-36-40(41(4,7-3)43-38-37-42-39-43)35-33-31-29-27-25-23-21-19-17-15-13-11-9-6-2/h37-40H,5-36H2,1-4H3. The van der Waals surface area contributed by atoms with Crippen molar-refractivity contribution in [1.29, 1.82) is 0 Å². The molecule has 1 aromatic rings. The van der Waals surface area contributed by atoms with Crippen LogP contribution in [-0.2, 0) is 5.54 Å². The molecule has 2 unspecified atom stereocenters. The summed E-state index contributed by atoms with van der Waals surface area (Å²) >= 11 is 0. The van der Waals surface area contributed by atoms with Gasteiger partial charge in [-0.3, -0.25) is 0 Å². The van der Waals surface area contributed by atoms with E-state index in [2.05, 4.69) is 49.8 Å². The first-order valence-electron chi connectivity index (χ1n) is 20.2. The molecule has 0 N–H and O–H groups in total. The zero-order valence-corrected chi connectivity index (χ0v) is 30.3. The van der Waals surface area contributed by atoms with Crippen molar-refractivity contribution >= 4 is 0 Å². The van der Waals surface area contributed by atoms with Crippen LogP contribution in [0.5, 0.6) is 0 Å². The van der Waals surface area contributed by atoms with Crippen molar-refractivity contribution in [2.45, 2.75) is 239 Å². The lowest BCUT2D eigenvalue weighted by molar-refractivity contribution is 0.153. The lowest BCUT2D eigenvalue weighted by atomic mass is 9.76. The summed E-state index contributed by atoms with van der Waals surface area (Å²) in [6, 6.07) is 0. The Balaban J connectivity index is 2.16. The van der Waals surface area contributed by atoms with Gasteiger partial charge in [-0.2, -0.15) is 0 Å². The molecule has 0 saturated heterocycles. The maximum atomic E-state index is 4.43. The molecule has 0 aliphatic rings. The average molecular weight is 601 g/mol. The number of rotatable bonds is 34. The fourth-order valence-corrected chi connectivity index (χ4v) is 7.36. The van der Waals surface area contributed by atoms with E-state index in [9.17, 15) is 0 Å². The molecule has 0 aromatic carbocycles. The van der Waals surface area contributed by atoms with Crippen LogP contribution in [0.15, 0.2) is 18.7 Å². The molecule has 1 aromatic heterocycles. The first-order chi connectivity index (χ1) is 21.2. The summed E-state index contributed by atoms with van der Waals surface area (Å²) in [6.45, 7) is 9.52. The number of unbranched alkanes of at least 4 members (excludes halogenated alkanes) is 27. The van der Waals surface area contributed by atoms with E-state index in [1.165, 1.54) is 205 Å². The molecule has 0 aliphatic carbocycles. The van der Waals surface area contributed by atoms with E-state index in [-0.39, 0.29) is 5.54 Å². The molecule has 2 heteroatoms. The summed E-state index contributed by atoms with van der Waals surface area (Å²) < 4.78 is 2.44. The van der Waals surface area contributed by atoms with Gasteiger partial charge in [0.05, 0.1) is 6.33 Å². The molecule has 2 nitrogen and oxygen atoms in total. The van der Waals surface area contributed by atoms with Gasteiger partial charge >= 0.3 is 0 Å². The van der Waals surface area contributed by atoms with Gasteiger partial charge in [0, 0.05) is 17.9 Å². The molecule has 254 valence electrons. The van der Waals surface area contributed by atoms with Crippen molar-refractivity contribution in [3.05, 3.63) is 18.7 Å². The highest BCUT2D eigenvalue weighted by atomic mass is 15.1. The number of imidazole rings is 1. The number of hydrogen-bond donors (Lipinski definition) is 0. The second-order valence-electron chi connectivity index (χ2n) is 14.5. The van der Waals surface area contributed by atoms with Crippen LogP contribution in [0.4, 0.5) is 0 Å². The largest absolute Gasteiger partial charge is 0.331 e. The van der Waals surface area contributed by atoms with Gasteiger partial charge < -0.3 is 4.57 Å². The molecule has 0 amide bonds. The van der Waals surface area contributed by atoms with Crippen LogP contribution in [0.25, 0.3) is 0 Å². The average Bonchev–Trinajstić information content (AvgIpc) is 3.57. The highest BCUT2D eigenvalue weighted by molar-refractivity contribution is 4.93. The molecular formula is C41H80N2. The van der Waals surface area contributed by atoms with Crippen molar-refractivity contribution in [3.8, 4) is 0 Å². The predicted octanol–water partition coefficient (Wildman–Crippen LogP) is 14.8. The minimum atomic E-state index is 0.211. The van der Waals surface area contributed by atoms with E-state index in [1.54, 1.807) is 0 Å². The lowest BCUT2D eigenvalue weighted by Crippen LogP contribution is -2.37. The Labute approximate surface area is 272 Å². The molecule has 0 spiro atoms. The van der Waals surface area contributed by atoms with Gasteiger partial charge in [0.25, 0.3) is 0 Å². The summed E-state index contributed by atoms with van der Waals surface area (Å²) in [6.07, 6.45) is 52.2. The summed E-state index contributed by atoms with van der Waals surface area (Å²) in [5, 5.41) is 0. The molecule has 0 fully saturated rings. The second-order valence-corrected chi connectivity index (χ2v) is 14.5. The molecule has 43 heavy (non-hydrogen) atoms. The molecule has 0 aliphatic heterocycles. The topological polar surface area (TPSA) is 17.8 Å². The van der Waals surface area contributed by atoms with Crippen LogP contribution in [-0.4, -0.2) is 9.55 Å². The minimum absolute atomic E-state index is 0.211. The molecule has 0 bridgehead atoms. The molecule has 1 rings (SSSR count). The SMILES string of the molecule is CCCCCCCCCCCCCCCCCC(CCCCCCCCCCCCCCCC)C(C)(CC)n1ccnc1. The van der Waals surface area contributed by atoms with Crippen molar-refractivity contribution in [2.24, 2.45) is 5.92 Å². The van der Waals surface area contributed by atoms with Crippen molar-refractivity contribution in [3.63, 3.8) is 0 Å². The van der Waals surface area contributed by atoms with E-state index < -0.39 is 0 Å². The Morgan fingerprint density at radius 1 is 0.465 bits per heavy atom. The van der Waals surface area contributed by atoms with E-state index in [4.69, 9.17) is 0 Å². The molecule has 0 saturated carbocycles. The van der Waals surface area contributed by atoms with E-state index >= 15 is 0 Å². The molecule has 1 heterocycles. The number of aromatic nitrogens is 2. The van der Waals surface area contributed by atoms with Crippen molar-refractivity contribution in [2.75, 3.05) is 0 Å². The third-order valence-corrected chi connectivity index (χ3v) is 10.8. The van der Waals surface area contributed by atoms with Crippen molar-refractivity contribution < 1.29 is 0 Å². The Hall–Kier alpha value is -0.790. The summed E-state index contributed by atoms with van der Waals surface area (Å²) in [5.41, 5.74) is 0.211. The Morgan fingerprint density at radius 2 is 0.767 bits per heavy atom. The highest BCUT2D eigenvalue weighted by Gasteiger charge is 2.33. The maximum absolute atomic E-state index is 4.43. The van der Waals surface area contributed by atoms with Gasteiger partial charge in [0.2, 0.25) is 0 Å². The molecular weight excluding hydrogens is 520 g/mol. The van der Waals surface area contributed by atoms with Crippen LogP contribution in [0.3, 0.4) is 0 Å². The first kappa shape index (κ1) is 40.2. The van der Waals surface area contributed by atoms with Crippen LogP contribution in [0, 0.1) is 5.92 Å². The summed E-state index contributed by atoms with van der Waals surface area (Å²) in [4.78, 5) is 4.43. The monoisotopic (exact) mass is 601 g/mol. The Morgan fingerprint density at radius 3 is 1.02 bits per heavy atom. The molecule has 0 radical (unpaired) electrons. The van der Waals surface area contributed by atoms with Crippen molar-refractivity contribution in [1.82, 2.24) is 9.55 Å². The lowest BCUT2D eigenvalue weighted by Gasteiger charge is -2.39. The number of nitrogens with zero attached hydrogens (tertiary/aromatic N) is 2. The van der Waals surface area contributed by atoms with E-state index in [0.29, 0.717) is 0 Å². The highest BCUT2D eigenvalue weighted by Crippen LogP contribution is 2.37. The summed E-state index contributed by atoms with van der Waals surface area (Å²) in [5.74, 6) is 0.769. The van der Waals surface area contributed by atoms with Crippen LogP contribution in [0.1, 0.15) is 233 Å². The van der Waals surface area contributed by atoms with Gasteiger partial charge in [0.15, 0.2) is 0 Å².